The monoisotopic (exact) mass is 733 g/mol. The third kappa shape index (κ3) is 33.2. The molecule has 0 bridgehead atoms. The van der Waals surface area contributed by atoms with Crippen molar-refractivity contribution in [3.63, 3.8) is 0 Å². The molecule has 0 saturated carbocycles. The summed E-state index contributed by atoms with van der Waals surface area (Å²) >= 11 is 0. The minimum Gasteiger partial charge on any atom is -0.379 e. The normalized spacial score (nSPS) is 11.2. The van der Waals surface area contributed by atoms with Crippen LogP contribution >= 0.6 is 0 Å². The van der Waals surface area contributed by atoms with Gasteiger partial charge in [-0.2, -0.15) is 0 Å². The van der Waals surface area contributed by atoms with Gasteiger partial charge in [-0.25, -0.2) is 0 Å². The summed E-state index contributed by atoms with van der Waals surface area (Å²) < 4.78 is 65.1. The lowest BCUT2D eigenvalue weighted by Gasteiger charge is -2.09. The average molecular weight is 734 g/mol. The summed E-state index contributed by atoms with van der Waals surface area (Å²) in [5, 5.41) is 2.74. The van der Waals surface area contributed by atoms with Crippen molar-refractivity contribution in [2.24, 2.45) is 0 Å². The second-order valence-electron chi connectivity index (χ2n) is 10.3. The Hall–Kier alpha value is -2.45. The zero-order valence-corrected chi connectivity index (χ0v) is 30.0. The van der Waals surface area contributed by atoms with Gasteiger partial charge in [-0.05, 0) is 12.1 Å². The Morgan fingerprint density at radius 2 is 0.765 bits per heavy atom. The lowest BCUT2D eigenvalue weighted by Crippen LogP contribution is -2.27. The summed E-state index contributed by atoms with van der Waals surface area (Å²) in [6.45, 7) is 11.6. The van der Waals surface area contributed by atoms with E-state index in [0.29, 0.717) is 189 Å². The third-order valence-corrected chi connectivity index (χ3v) is 6.29. The van der Waals surface area contributed by atoms with E-state index in [1.807, 2.05) is 0 Å². The highest BCUT2D eigenvalue weighted by molar-refractivity contribution is 5.95. The van der Waals surface area contributed by atoms with Crippen molar-refractivity contribution < 1.29 is 71.2 Å². The number of rotatable bonds is 41. The molecule has 0 aliphatic heterocycles. The number of carbonyl (C=O) groups excluding carboxylic acids is 3. The Morgan fingerprint density at radius 3 is 1.08 bits per heavy atom. The molecule has 0 aromatic heterocycles. The number of amides is 1. The van der Waals surface area contributed by atoms with Crippen LogP contribution < -0.4 is 5.32 Å². The number of carbonyl (C=O) groups is 3. The second-order valence-corrected chi connectivity index (χ2v) is 10.3. The first-order chi connectivity index (χ1) is 25.3. The summed E-state index contributed by atoms with van der Waals surface area (Å²) in [6.07, 6.45) is 1.94. The fourth-order valence-corrected chi connectivity index (χ4v) is 3.74. The lowest BCUT2D eigenvalue weighted by molar-refractivity contribution is -0.109. The van der Waals surface area contributed by atoms with Crippen molar-refractivity contribution in [1.82, 2.24) is 5.32 Å². The molecule has 294 valence electrons. The standard InChI is InChI=1S/C35H59NO15/c37-6-2-7-40-9-11-42-13-15-44-17-19-46-21-23-48-25-27-50-29-30-51-28-26-49-24-22-47-20-18-45-16-14-43-12-10-41-8-5-36-35(39)34-4-1-3-33(31-34)32-38/h1,3-4,6,31-32H,2,5,7-30H2,(H,36,39). The minimum atomic E-state index is -0.250. The fourth-order valence-electron chi connectivity index (χ4n) is 3.74. The van der Waals surface area contributed by atoms with E-state index >= 15 is 0 Å². The minimum absolute atomic E-state index is 0.250. The zero-order valence-electron chi connectivity index (χ0n) is 30.0. The number of hydrogen-bond acceptors (Lipinski definition) is 15. The van der Waals surface area contributed by atoms with E-state index < -0.39 is 0 Å². The lowest BCUT2D eigenvalue weighted by atomic mass is 10.1. The molecular formula is C35H59NO15. The molecule has 1 rings (SSSR count). The van der Waals surface area contributed by atoms with Crippen LogP contribution in [0.25, 0.3) is 0 Å². The molecule has 0 aliphatic rings. The quantitative estimate of drug-likeness (QED) is 0.0746. The molecule has 1 aromatic carbocycles. The van der Waals surface area contributed by atoms with Gasteiger partial charge in [0.05, 0.1) is 159 Å². The van der Waals surface area contributed by atoms with Crippen LogP contribution in [0.3, 0.4) is 0 Å². The molecule has 0 atom stereocenters. The number of benzene rings is 1. The molecule has 16 heteroatoms. The predicted molar refractivity (Wildman–Crippen MR) is 185 cm³/mol. The van der Waals surface area contributed by atoms with Crippen LogP contribution in [0.5, 0.6) is 0 Å². The van der Waals surface area contributed by atoms with Crippen LogP contribution in [0, 0.1) is 0 Å². The molecule has 0 aliphatic carbocycles. The zero-order chi connectivity index (χ0) is 36.6. The molecule has 1 aromatic rings. The Bertz CT molecular complexity index is 927. The van der Waals surface area contributed by atoms with Gasteiger partial charge in [0.1, 0.15) is 12.6 Å². The van der Waals surface area contributed by atoms with Crippen LogP contribution in [0.1, 0.15) is 27.1 Å². The number of ether oxygens (including phenoxy) is 12. The third-order valence-electron chi connectivity index (χ3n) is 6.29. The fraction of sp³-hybridized carbons (Fsp3) is 0.743. The Morgan fingerprint density at radius 1 is 0.451 bits per heavy atom. The second kappa shape index (κ2) is 38.8. The largest absolute Gasteiger partial charge is 0.379 e. The summed E-state index contributed by atoms with van der Waals surface area (Å²) in [5.41, 5.74) is 0.894. The van der Waals surface area contributed by atoms with E-state index in [2.05, 4.69) is 5.32 Å². The van der Waals surface area contributed by atoms with Gasteiger partial charge in [-0.1, -0.05) is 12.1 Å². The smallest absolute Gasteiger partial charge is 0.251 e. The Kier molecular flexibility index (Phi) is 35.4. The van der Waals surface area contributed by atoms with Crippen LogP contribution in [-0.2, 0) is 61.6 Å². The molecule has 16 nitrogen and oxygen atoms in total. The molecule has 0 fully saturated rings. The maximum Gasteiger partial charge on any atom is 0.251 e. The summed E-state index contributed by atoms with van der Waals surface area (Å²) in [6, 6.07) is 6.50. The molecule has 0 saturated heterocycles. The van der Waals surface area contributed by atoms with Crippen LogP contribution in [-0.4, -0.2) is 184 Å². The number of nitrogens with one attached hydrogen (secondary N) is 1. The molecule has 0 radical (unpaired) electrons. The Labute approximate surface area is 301 Å². The van der Waals surface area contributed by atoms with E-state index in [9.17, 15) is 14.4 Å². The maximum absolute atomic E-state index is 12.0. The topological polar surface area (TPSA) is 174 Å². The van der Waals surface area contributed by atoms with Crippen molar-refractivity contribution in [3.8, 4) is 0 Å². The van der Waals surface area contributed by atoms with E-state index in [1.165, 1.54) is 0 Å². The predicted octanol–water partition coefficient (Wildman–Crippen LogP) is 1.02. The van der Waals surface area contributed by atoms with Gasteiger partial charge in [0.15, 0.2) is 0 Å². The SMILES string of the molecule is O=CCCOCCOCCOCCOCCOCCOCCOCCOCCOCCOCCOCCOCCNC(=O)c1cccc(C=O)c1. The van der Waals surface area contributed by atoms with E-state index in [-0.39, 0.29) is 5.91 Å². The first-order valence-electron chi connectivity index (χ1n) is 17.5. The average Bonchev–Trinajstić information content (AvgIpc) is 3.15. The summed E-state index contributed by atoms with van der Waals surface area (Å²) in [7, 11) is 0. The van der Waals surface area contributed by atoms with Crippen LogP contribution in [0.15, 0.2) is 24.3 Å². The molecule has 1 N–H and O–H groups in total. The molecule has 0 spiro atoms. The maximum atomic E-state index is 12.0. The van der Waals surface area contributed by atoms with Gasteiger partial charge in [-0.15, -0.1) is 0 Å². The van der Waals surface area contributed by atoms with Crippen LogP contribution in [0.4, 0.5) is 0 Å². The van der Waals surface area contributed by atoms with Gasteiger partial charge in [0.2, 0.25) is 0 Å². The van der Waals surface area contributed by atoms with Gasteiger partial charge in [0.25, 0.3) is 5.91 Å². The molecule has 0 heterocycles. The van der Waals surface area contributed by atoms with Crippen LogP contribution in [0.2, 0.25) is 0 Å². The van der Waals surface area contributed by atoms with Gasteiger partial charge in [-0.3, -0.25) is 9.59 Å². The summed E-state index contributed by atoms with van der Waals surface area (Å²) in [5.74, 6) is -0.250. The van der Waals surface area contributed by atoms with Crippen molar-refractivity contribution in [2.75, 3.05) is 165 Å². The number of aldehydes is 2. The van der Waals surface area contributed by atoms with E-state index in [0.717, 1.165) is 6.29 Å². The first kappa shape index (κ1) is 46.6. The Balaban J connectivity index is 1.65. The van der Waals surface area contributed by atoms with Crippen molar-refractivity contribution in [2.45, 2.75) is 6.42 Å². The van der Waals surface area contributed by atoms with E-state index in [1.54, 1.807) is 24.3 Å². The van der Waals surface area contributed by atoms with Crippen molar-refractivity contribution in [1.29, 1.82) is 0 Å². The van der Waals surface area contributed by atoms with E-state index in [4.69, 9.17) is 56.8 Å². The highest BCUT2D eigenvalue weighted by atomic mass is 16.6. The molecule has 0 unspecified atom stereocenters. The first-order valence-corrected chi connectivity index (χ1v) is 17.5. The van der Waals surface area contributed by atoms with Gasteiger partial charge >= 0.3 is 0 Å². The molecule has 1 amide bonds. The van der Waals surface area contributed by atoms with Gasteiger partial charge in [0, 0.05) is 24.1 Å². The highest BCUT2D eigenvalue weighted by Crippen LogP contribution is 2.02. The van der Waals surface area contributed by atoms with Gasteiger partial charge < -0.3 is 67.0 Å². The summed E-state index contributed by atoms with van der Waals surface area (Å²) in [4.78, 5) is 33.0. The van der Waals surface area contributed by atoms with Crippen molar-refractivity contribution in [3.05, 3.63) is 35.4 Å². The molecular weight excluding hydrogens is 674 g/mol. The number of hydrogen-bond donors (Lipinski definition) is 1. The van der Waals surface area contributed by atoms with Crippen molar-refractivity contribution >= 4 is 18.5 Å². The molecule has 51 heavy (non-hydrogen) atoms. The highest BCUT2D eigenvalue weighted by Gasteiger charge is 2.05.